The van der Waals surface area contributed by atoms with Gasteiger partial charge in [-0.2, -0.15) is 0 Å². The van der Waals surface area contributed by atoms with E-state index in [1.807, 2.05) is 21.1 Å². The van der Waals surface area contributed by atoms with Crippen LogP contribution < -0.4 is 4.89 Å². The molecular weight excluding hydrogens is 870 g/mol. The van der Waals surface area contributed by atoms with Crippen LogP contribution in [0.15, 0.2) is 97.2 Å². The molecule has 0 aromatic heterocycles. The highest BCUT2D eigenvalue weighted by Crippen LogP contribution is 2.38. The van der Waals surface area contributed by atoms with Crippen molar-refractivity contribution in [2.75, 3.05) is 47.5 Å². The molecule has 68 heavy (non-hydrogen) atoms. The zero-order chi connectivity index (χ0) is 49.9. The van der Waals surface area contributed by atoms with Gasteiger partial charge in [0.1, 0.15) is 19.8 Å². The maximum absolute atomic E-state index is 12.8. The fraction of sp³-hybridized carbons (Fsp3) is 0.690. The molecule has 0 saturated carbocycles. The molecule has 0 fully saturated rings. The number of carbonyl (C=O) groups is 2. The Hall–Kier alpha value is -3.07. The van der Waals surface area contributed by atoms with Gasteiger partial charge in [-0.1, -0.05) is 195 Å². The van der Waals surface area contributed by atoms with Gasteiger partial charge in [-0.15, -0.1) is 0 Å². The van der Waals surface area contributed by atoms with Crippen LogP contribution in [0.25, 0.3) is 0 Å². The van der Waals surface area contributed by atoms with Crippen LogP contribution in [0.5, 0.6) is 0 Å². The summed E-state index contributed by atoms with van der Waals surface area (Å²) in [6.45, 7) is 4.08. The maximum Gasteiger partial charge on any atom is 0.306 e. The van der Waals surface area contributed by atoms with E-state index in [4.69, 9.17) is 18.5 Å². The summed E-state index contributed by atoms with van der Waals surface area (Å²) in [7, 11) is 1.14. The molecule has 2 unspecified atom stereocenters. The van der Waals surface area contributed by atoms with E-state index in [0.717, 1.165) is 103 Å². The van der Waals surface area contributed by atoms with Gasteiger partial charge in [-0.25, -0.2) is 0 Å². The van der Waals surface area contributed by atoms with Gasteiger partial charge in [0.15, 0.2) is 6.10 Å². The minimum absolute atomic E-state index is 0.0392. The molecule has 0 aliphatic rings. The second-order valence-electron chi connectivity index (χ2n) is 18.9. The number of esters is 2. The average Bonchev–Trinajstić information content (AvgIpc) is 3.30. The Morgan fingerprint density at radius 2 is 0.838 bits per heavy atom. The Morgan fingerprint density at radius 3 is 1.26 bits per heavy atom. The molecule has 0 saturated heterocycles. The number of unbranched alkanes of at least 4 members (excludes halogenated alkanes) is 18. The van der Waals surface area contributed by atoms with E-state index in [1.54, 1.807) is 0 Å². The van der Waals surface area contributed by atoms with E-state index < -0.39 is 32.5 Å². The molecule has 0 aromatic carbocycles. The van der Waals surface area contributed by atoms with Crippen LogP contribution in [0.2, 0.25) is 0 Å². The average molecular weight is 970 g/mol. The fourth-order valence-electron chi connectivity index (χ4n) is 6.92. The van der Waals surface area contributed by atoms with Gasteiger partial charge in [0.05, 0.1) is 27.7 Å². The molecule has 0 aliphatic carbocycles. The van der Waals surface area contributed by atoms with Crippen molar-refractivity contribution >= 4 is 19.8 Å². The number of rotatable bonds is 48. The summed E-state index contributed by atoms with van der Waals surface area (Å²) < 4.78 is 34.0. The Kier molecular flexibility index (Phi) is 46.7. The van der Waals surface area contributed by atoms with Gasteiger partial charge in [0, 0.05) is 12.8 Å². The lowest BCUT2D eigenvalue weighted by molar-refractivity contribution is -0.870. The lowest BCUT2D eigenvalue weighted by Gasteiger charge is -2.28. The second kappa shape index (κ2) is 48.9. The number of ether oxygens (including phenoxy) is 2. The molecule has 0 spiro atoms. The number of hydrogen-bond acceptors (Lipinski definition) is 8. The highest BCUT2D eigenvalue weighted by molar-refractivity contribution is 7.45. The topological polar surface area (TPSA) is 111 Å². The van der Waals surface area contributed by atoms with Crippen molar-refractivity contribution in [3.05, 3.63) is 97.2 Å². The van der Waals surface area contributed by atoms with Gasteiger partial charge in [-0.3, -0.25) is 14.2 Å². The number of carbonyl (C=O) groups excluding carboxylic acids is 2. The number of nitrogens with zero attached hydrogens (tertiary/aromatic N) is 1. The van der Waals surface area contributed by atoms with Crippen molar-refractivity contribution in [3.8, 4) is 0 Å². The SMILES string of the molecule is CC/C=C\C/C=C\C/C=C\C/C=C\C/C=C\C/C=C\C/C=C\CCCCCCCCCC(=O)OC(COC(=O)CCCCCCC/C=C\CCCCCCCC)COP(=O)([O-])OCC[N+](C)(C)C. The quantitative estimate of drug-likeness (QED) is 0.0195. The fourth-order valence-corrected chi connectivity index (χ4v) is 7.65. The Balaban J connectivity index is 4.25. The number of allylic oxidation sites excluding steroid dienone is 16. The smallest absolute Gasteiger partial charge is 0.306 e. The van der Waals surface area contributed by atoms with Gasteiger partial charge < -0.3 is 27.9 Å². The van der Waals surface area contributed by atoms with Crippen LogP contribution >= 0.6 is 7.82 Å². The van der Waals surface area contributed by atoms with Crippen molar-refractivity contribution in [1.82, 2.24) is 0 Å². The minimum atomic E-state index is -4.64. The van der Waals surface area contributed by atoms with E-state index in [0.29, 0.717) is 23.9 Å². The Bertz CT molecular complexity index is 1470. The molecular formula is C58H100NO8P. The predicted octanol–water partition coefficient (Wildman–Crippen LogP) is 15.8. The molecule has 10 heteroatoms. The Morgan fingerprint density at radius 1 is 0.471 bits per heavy atom. The van der Waals surface area contributed by atoms with Gasteiger partial charge >= 0.3 is 11.9 Å². The molecule has 390 valence electrons. The van der Waals surface area contributed by atoms with E-state index in [-0.39, 0.29) is 26.1 Å². The standard InChI is InChI=1S/C58H100NO8P/c1-6-8-10-12-14-16-18-20-22-23-24-25-26-27-28-29-30-31-32-33-34-35-37-39-41-43-45-47-49-51-58(61)67-56(55-66-68(62,63)65-53-52-59(3,4)5)54-64-57(60)50-48-46-44-42-40-38-36-21-19-17-15-13-11-9-7-2/h8,10,14,16,20-22,24-25,27-28,30-31,33-34,36,56H,6-7,9,11-13,15,17-19,23,26,29,32,35,37-55H2,1-5H3/b10-8-,16-14-,22-20-,25-24-,28-27-,31-30-,34-33-,36-21-. The normalized spacial score (nSPS) is 14.1. The van der Waals surface area contributed by atoms with Gasteiger partial charge in [-0.05, 0) is 96.3 Å². The summed E-state index contributed by atoms with van der Waals surface area (Å²) in [5.74, 6) is -0.862. The molecule has 0 N–H and O–H groups in total. The van der Waals surface area contributed by atoms with E-state index in [1.165, 1.54) is 64.2 Å². The number of likely N-dealkylation sites (N-methyl/N-ethyl adjacent to an activating group) is 1. The zero-order valence-electron chi connectivity index (χ0n) is 44.0. The monoisotopic (exact) mass is 970 g/mol. The first kappa shape index (κ1) is 64.9. The summed E-state index contributed by atoms with van der Waals surface area (Å²) in [6.07, 6.45) is 65.8. The van der Waals surface area contributed by atoms with E-state index in [9.17, 15) is 19.0 Å². The van der Waals surface area contributed by atoms with Crippen molar-refractivity contribution in [2.24, 2.45) is 0 Å². The first-order valence-electron chi connectivity index (χ1n) is 26.9. The van der Waals surface area contributed by atoms with Crippen molar-refractivity contribution < 1.29 is 42.1 Å². The van der Waals surface area contributed by atoms with Gasteiger partial charge in [0.2, 0.25) is 0 Å². The summed E-state index contributed by atoms with van der Waals surface area (Å²) in [5, 5.41) is 0. The minimum Gasteiger partial charge on any atom is -0.756 e. The molecule has 0 aliphatic heterocycles. The third kappa shape index (κ3) is 52.3. The van der Waals surface area contributed by atoms with E-state index in [2.05, 4.69) is 111 Å². The largest absolute Gasteiger partial charge is 0.756 e. The zero-order valence-corrected chi connectivity index (χ0v) is 44.9. The number of quaternary nitrogens is 1. The molecule has 0 heterocycles. The maximum atomic E-state index is 12.8. The predicted molar refractivity (Wildman–Crippen MR) is 286 cm³/mol. The van der Waals surface area contributed by atoms with Crippen LogP contribution in [0.4, 0.5) is 0 Å². The lowest BCUT2D eigenvalue weighted by Crippen LogP contribution is -2.37. The van der Waals surface area contributed by atoms with Crippen LogP contribution in [-0.2, 0) is 32.7 Å². The van der Waals surface area contributed by atoms with Crippen molar-refractivity contribution in [1.29, 1.82) is 0 Å². The van der Waals surface area contributed by atoms with Crippen molar-refractivity contribution in [3.63, 3.8) is 0 Å². The Labute approximate surface area is 417 Å². The van der Waals surface area contributed by atoms with Crippen LogP contribution in [-0.4, -0.2) is 70.0 Å². The molecule has 0 radical (unpaired) electrons. The number of phosphoric ester groups is 1. The van der Waals surface area contributed by atoms with Crippen LogP contribution in [0.3, 0.4) is 0 Å². The third-order valence-corrected chi connectivity index (χ3v) is 12.1. The highest BCUT2D eigenvalue weighted by Gasteiger charge is 2.21. The summed E-state index contributed by atoms with van der Waals surface area (Å²) in [4.78, 5) is 37.7. The lowest BCUT2D eigenvalue weighted by atomic mass is 10.1. The molecule has 0 rings (SSSR count). The van der Waals surface area contributed by atoms with Crippen LogP contribution in [0.1, 0.15) is 206 Å². The molecule has 9 nitrogen and oxygen atoms in total. The van der Waals surface area contributed by atoms with E-state index >= 15 is 0 Å². The third-order valence-electron chi connectivity index (χ3n) is 11.1. The van der Waals surface area contributed by atoms with Crippen LogP contribution in [0, 0.1) is 0 Å². The molecule has 0 bridgehead atoms. The van der Waals surface area contributed by atoms with Gasteiger partial charge in [0.25, 0.3) is 7.82 Å². The summed E-state index contributed by atoms with van der Waals surface area (Å²) in [5.41, 5.74) is 0. The number of phosphoric acid groups is 1. The van der Waals surface area contributed by atoms with Crippen molar-refractivity contribution in [2.45, 2.75) is 213 Å². The summed E-state index contributed by atoms with van der Waals surface area (Å²) >= 11 is 0. The highest BCUT2D eigenvalue weighted by atomic mass is 31.2. The first-order valence-corrected chi connectivity index (χ1v) is 28.4. The molecule has 2 atom stereocenters. The summed E-state index contributed by atoms with van der Waals surface area (Å²) in [6, 6.07) is 0. The first-order chi connectivity index (χ1) is 33.0. The number of hydrogen-bond donors (Lipinski definition) is 0. The molecule has 0 aromatic rings. The molecule has 0 amide bonds. The second-order valence-corrected chi connectivity index (χ2v) is 20.3.